The molecule has 0 atom stereocenters. The number of nitro groups is 1. The molecule has 1 heterocycles. The molecule has 7 heteroatoms. The highest BCUT2D eigenvalue weighted by atomic mass is 19.1. The number of hydrogen-bond donors (Lipinski definition) is 1. The molecule has 112 valence electrons. The molecule has 0 aliphatic rings. The summed E-state index contributed by atoms with van der Waals surface area (Å²) in [6, 6.07) is 4.63. The van der Waals surface area contributed by atoms with Crippen molar-refractivity contribution >= 4 is 11.5 Å². The van der Waals surface area contributed by atoms with Gasteiger partial charge in [-0.2, -0.15) is 5.10 Å². The number of aryl methyl sites for hydroxylation is 3. The normalized spacial score (nSPS) is 10.7. The van der Waals surface area contributed by atoms with Crippen LogP contribution in [-0.2, 0) is 13.5 Å². The predicted molar refractivity (Wildman–Crippen MR) is 77.9 cm³/mol. The maximum Gasteiger partial charge on any atom is 0.333 e. The topological polar surface area (TPSA) is 73.0 Å². The predicted octanol–water partition coefficient (Wildman–Crippen LogP) is 2.74. The third-order valence-corrected chi connectivity index (χ3v) is 3.36. The fourth-order valence-corrected chi connectivity index (χ4v) is 2.32. The van der Waals surface area contributed by atoms with Gasteiger partial charge in [0.15, 0.2) is 0 Å². The van der Waals surface area contributed by atoms with Crippen molar-refractivity contribution in [2.75, 3.05) is 11.9 Å². The minimum atomic E-state index is -0.437. The molecule has 1 aromatic heterocycles. The zero-order valence-corrected chi connectivity index (χ0v) is 12.2. The van der Waals surface area contributed by atoms with E-state index in [1.807, 2.05) is 6.92 Å². The summed E-state index contributed by atoms with van der Waals surface area (Å²) in [7, 11) is 1.66. The van der Waals surface area contributed by atoms with Gasteiger partial charge in [-0.3, -0.25) is 10.1 Å². The van der Waals surface area contributed by atoms with Crippen molar-refractivity contribution in [3.05, 3.63) is 51.0 Å². The SMILES string of the molecule is Cc1cc(F)ccc1CCNc1c([N+](=O)[O-])c(C)nn1C. The lowest BCUT2D eigenvalue weighted by Crippen LogP contribution is -2.10. The molecule has 0 bridgehead atoms. The lowest BCUT2D eigenvalue weighted by molar-refractivity contribution is -0.384. The molecule has 0 saturated heterocycles. The van der Waals surface area contributed by atoms with Crippen LogP contribution in [0, 0.1) is 29.8 Å². The van der Waals surface area contributed by atoms with E-state index in [0.29, 0.717) is 24.5 Å². The first-order chi connectivity index (χ1) is 9.90. The molecule has 2 aromatic rings. The van der Waals surface area contributed by atoms with Gasteiger partial charge in [-0.1, -0.05) is 6.07 Å². The number of aromatic nitrogens is 2. The second kappa shape index (κ2) is 5.90. The standard InChI is InChI=1S/C14H17FN4O2/c1-9-8-12(15)5-4-11(9)6-7-16-14-13(19(20)21)10(2)17-18(14)3/h4-5,8,16H,6-7H2,1-3H3. The first-order valence-electron chi connectivity index (χ1n) is 6.57. The van der Waals surface area contributed by atoms with Gasteiger partial charge in [-0.25, -0.2) is 9.07 Å². The van der Waals surface area contributed by atoms with E-state index in [0.717, 1.165) is 11.1 Å². The van der Waals surface area contributed by atoms with Gasteiger partial charge in [0, 0.05) is 13.6 Å². The first-order valence-corrected chi connectivity index (χ1v) is 6.57. The van der Waals surface area contributed by atoms with Crippen LogP contribution in [0.5, 0.6) is 0 Å². The summed E-state index contributed by atoms with van der Waals surface area (Å²) in [5.74, 6) is 0.124. The van der Waals surface area contributed by atoms with Gasteiger partial charge in [-0.15, -0.1) is 0 Å². The fourth-order valence-electron chi connectivity index (χ4n) is 2.32. The molecule has 0 saturated carbocycles. The average molecular weight is 292 g/mol. The Kier molecular flexibility index (Phi) is 4.21. The molecule has 0 aliphatic carbocycles. The summed E-state index contributed by atoms with van der Waals surface area (Å²) in [6.45, 7) is 3.95. The molecular weight excluding hydrogens is 275 g/mol. The lowest BCUT2D eigenvalue weighted by atomic mass is 10.1. The van der Waals surface area contributed by atoms with Crippen molar-refractivity contribution in [1.29, 1.82) is 0 Å². The Morgan fingerprint density at radius 2 is 2.14 bits per heavy atom. The van der Waals surface area contributed by atoms with Crippen LogP contribution >= 0.6 is 0 Å². The van der Waals surface area contributed by atoms with E-state index in [1.165, 1.54) is 16.8 Å². The van der Waals surface area contributed by atoms with Gasteiger partial charge < -0.3 is 5.32 Å². The Balaban J connectivity index is 2.09. The summed E-state index contributed by atoms with van der Waals surface area (Å²) >= 11 is 0. The quantitative estimate of drug-likeness (QED) is 0.679. The molecule has 1 N–H and O–H groups in total. The maximum atomic E-state index is 13.0. The average Bonchev–Trinajstić information content (AvgIpc) is 2.66. The van der Waals surface area contributed by atoms with Crippen LogP contribution in [0.25, 0.3) is 0 Å². The van der Waals surface area contributed by atoms with E-state index >= 15 is 0 Å². The zero-order chi connectivity index (χ0) is 15.6. The largest absolute Gasteiger partial charge is 0.364 e. The van der Waals surface area contributed by atoms with Crippen molar-refractivity contribution in [3.8, 4) is 0 Å². The molecule has 6 nitrogen and oxygen atoms in total. The highest BCUT2D eigenvalue weighted by Gasteiger charge is 2.23. The highest BCUT2D eigenvalue weighted by molar-refractivity contribution is 5.59. The van der Waals surface area contributed by atoms with E-state index in [-0.39, 0.29) is 11.5 Å². The Morgan fingerprint density at radius 3 is 2.76 bits per heavy atom. The number of anilines is 1. The van der Waals surface area contributed by atoms with Crippen molar-refractivity contribution < 1.29 is 9.31 Å². The molecule has 21 heavy (non-hydrogen) atoms. The van der Waals surface area contributed by atoms with Crippen LogP contribution in [0.1, 0.15) is 16.8 Å². The van der Waals surface area contributed by atoms with Gasteiger partial charge in [0.25, 0.3) is 0 Å². The minimum absolute atomic E-state index is 0.00618. The Morgan fingerprint density at radius 1 is 1.43 bits per heavy atom. The summed E-state index contributed by atoms with van der Waals surface area (Å²) in [4.78, 5) is 10.6. The van der Waals surface area contributed by atoms with Crippen LogP contribution in [0.2, 0.25) is 0 Å². The number of hydrogen-bond acceptors (Lipinski definition) is 4. The van der Waals surface area contributed by atoms with E-state index in [9.17, 15) is 14.5 Å². The number of rotatable bonds is 5. The van der Waals surface area contributed by atoms with Crippen LogP contribution in [0.4, 0.5) is 15.9 Å². The zero-order valence-electron chi connectivity index (χ0n) is 12.2. The molecular formula is C14H17FN4O2. The van der Waals surface area contributed by atoms with Gasteiger partial charge in [0.2, 0.25) is 5.82 Å². The Labute approximate surface area is 121 Å². The van der Waals surface area contributed by atoms with Crippen molar-refractivity contribution in [1.82, 2.24) is 9.78 Å². The third-order valence-electron chi connectivity index (χ3n) is 3.36. The molecule has 0 amide bonds. The fraction of sp³-hybridized carbons (Fsp3) is 0.357. The van der Waals surface area contributed by atoms with Crippen molar-refractivity contribution in [2.24, 2.45) is 7.05 Å². The van der Waals surface area contributed by atoms with E-state index in [4.69, 9.17) is 0 Å². The number of nitrogens with one attached hydrogen (secondary N) is 1. The van der Waals surface area contributed by atoms with Crippen LogP contribution < -0.4 is 5.32 Å². The molecule has 0 fully saturated rings. The van der Waals surface area contributed by atoms with Gasteiger partial charge >= 0.3 is 5.69 Å². The summed E-state index contributed by atoms with van der Waals surface area (Å²) in [6.07, 6.45) is 0.646. The van der Waals surface area contributed by atoms with Gasteiger partial charge in [0.05, 0.1) is 4.92 Å². The van der Waals surface area contributed by atoms with E-state index in [1.54, 1.807) is 20.0 Å². The number of benzene rings is 1. The van der Waals surface area contributed by atoms with Crippen molar-refractivity contribution in [2.45, 2.75) is 20.3 Å². The summed E-state index contributed by atoms with van der Waals surface area (Å²) in [5, 5.41) is 18.1. The monoisotopic (exact) mass is 292 g/mol. The minimum Gasteiger partial charge on any atom is -0.364 e. The summed E-state index contributed by atoms with van der Waals surface area (Å²) in [5.41, 5.74) is 2.24. The first kappa shape index (κ1) is 15.0. The van der Waals surface area contributed by atoms with Crippen molar-refractivity contribution in [3.63, 3.8) is 0 Å². The second-order valence-electron chi connectivity index (χ2n) is 4.91. The lowest BCUT2D eigenvalue weighted by Gasteiger charge is -2.08. The number of halogens is 1. The highest BCUT2D eigenvalue weighted by Crippen LogP contribution is 2.27. The second-order valence-corrected chi connectivity index (χ2v) is 4.91. The van der Waals surface area contributed by atoms with Crippen LogP contribution in [-0.4, -0.2) is 21.2 Å². The number of nitrogens with zero attached hydrogens (tertiary/aromatic N) is 3. The molecule has 0 radical (unpaired) electrons. The molecule has 0 spiro atoms. The molecule has 0 unspecified atom stereocenters. The third kappa shape index (κ3) is 3.18. The van der Waals surface area contributed by atoms with E-state index < -0.39 is 4.92 Å². The molecule has 0 aliphatic heterocycles. The molecule has 2 rings (SSSR count). The Hall–Kier alpha value is -2.44. The molecule has 1 aromatic carbocycles. The maximum absolute atomic E-state index is 13.0. The van der Waals surface area contributed by atoms with Gasteiger partial charge in [-0.05, 0) is 43.5 Å². The van der Waals surface area contributed by atoms with Crippen LogP contribution in [0.3, 0.4) is 0 Å². The van der Waals surface area contributed by atoms with Crippen LogP contribution in [0.15, 0.2) is 18.2 Å². The van der Waals surface area contributed by atoms with E-state index in [2.05, 4.69) is 10.4 Å². The summed E-state index contributed by atoms with van der Waals surface area (Å²) < 4.78 is 14.5. The van der Waals surface area contributed by atoms with Gasteiger partial charge in [0.1, 0.15) is 11.5 Å². The smallest absolute Gasteiger partial charge is 0.333 e. The Bertz CT molecular complexity index is 682.